The second-order valence-corrected chi connectivity index (χ2v) is 4.38. The molecule has 1 aliphatic rings. The number of halogens is 2. The average molecular weight is 240 g/mol. The van der Waals surface area contributed by atoms with Gasteiger partial charge in [-0.3, -0.25) is 0 Å². The van der Waals surface area contributed by atoms with Gasteiger partial charge in [-0.25, -0.2) is 8.78 Å². The highest BCUT2D eigenvalue weighted by molar-refractivity contribution is 5.48. The van der Waals surface area contributed by atoms with Crippen molar-refractivity contribution in [1.29, 1.82) is 0 Å². The van der Waals surface area contributed by atoms with Crippen LogP contribution in [0.5, 0.6) is 0 Å². The van der Waals surface area contributed by atoms with E-state index in [-0.39, 0.29) is 6.54 Å². The van der Waals surface area contributed by atoms with Gasteiger partial charge in [0, 0.05) is 25.3 Å². The largest absolute Gasteiger partial charge is 0.372 e. The van der Waals surface area contributed by atoms with Crippen molar-refractivity contribution in [2.45, 2.75) is 25.8 Å². The minimum Gasteiger partial charge on any atom is -0.372 e. The number of alkyl halides is 2. The molecule has 0 amide bonds. The Morgan fingerprint density at radius 2 is 1.76 bits per heavy atom. The van der Waals surface area contributed by atoms with Crippen molar-refractivity contribution < 1.29 is 8.78 Å². The van der Waals surface area contributed by atoms with Crippen LogP contribution in [0.4, 0.5) is 14.5 Å². The molecular formula is C13H18F2N2. The first kappa shape index (κ1) is 12.3. The number of rotatable bonds is 5. The summed E-state index contributed by atoms with van der Waals surface area (Å²) in [7, 11) is 0. The number of nitrogens with zero attached hydrogens (tertiary/aromatic N) is 1. The van der Waals surface area contributed by atoms with E-state index >= 15 is 0 Å². The van der Waals surface area contributed by atoms with Crippen LogP contribution in [-0.4, -0.2) is 26.1 Å². The van der Waals surface area contributed by atoms with Crippen LogP contribution in [0, 0.1) is 0 Å². The fourth-order valence-electron chi connectivity index (χ4n) is 2.13. The van der Waals surface area contributed by atoms with Crippen molar-refractivity contribution in [1.82, 2.24) is 5.32 Å². The summed E-state index contributed by atoms with van der Waals surface area (Å²) in [6.07, 6.45) is 0.244. The minimum atomic E-state index is -2.28. The van der Waals surface area contributed by atoms with Gasteiger partial charge >= 0.3 is 0 Å². The molecule has 0 aromatic heterocycles. The Kier molecular flexibility index (Phi) is 4.31. The maximum atomic E-state index is 11.9. The molecule has 1 saturated heterocycles. The Morgan fingerprint density at radius 1 is 1.12 bits per heavy atom. The quantitative estimate of drug-likeness (QED) is 0.851. The molecule has 1 N–H and O–H groups in total. The normalized spacial score (nSPS) is 15.8. The zero-order valence-electron chi connectivity index (χ0n) is 9.83. The first-order chi connectivity index (χ1) is 8.25. The van der Waals surface area contributed by atoms with E-state index in [0.717, 1.165) is 18.7 Å². The zero-order chi connectivity index (χ0) is 12.1. The van der Waals surface area contributed by atoms with Crippen LogP contribution in [0.3, 0.4) is 0 Å². The molecular weight excluding hydrogens is 222 g/mol. The first-order valence-corrected chi connectivity index (χ1v) is 6.08. The molecule has 0 saturated carbocycles. The molecule has 1 fully saturated rings. The van der Waals surface area contributed by atoms with Gasteiger partial charge in [0.25, 0.3) is 6.43 Å². The van der Waals surface area contributed by atoms with Crippen molar-refractivity contribution in [3.05, 3.63) is 29.8 Å². The molecule has 2 nitrogen and oxygen atoms in total. The summed E-state index contributed by atoms with van der Waals surface area (Å²) in [4.78, 5) is 2.36. The Morgan fingerprint density at radius 3 is 2.35 bits per heavy atom. The maximum Gasteiger partial charge on any atom is 0.250 e. The van der Waals surface area contributed by atoms with Gasteiger partial charge in [-0.2, -0.15) is 0 Å². The van der Waals surface area contributed by atoms with E-state index in [1.54, 1.807) is 0 Å². The smallest absolute Gasteiger partial charge is 0.250 e. The van der Waals surface area contributed by atoms with Crippen molar-refractivity contribution in [3.8, 4) is 0 Å². The van der Waals surface area contributed by atoms with E-state index < -0.39 is 6.43 Å². The molecule has 0 radical (unpaired) electrons. The number of benzene rings is 1. The average Bonchev–Trinajstić information content (AvgIpc) is 2.83. The Hall–Kier alpha value is -1.16. The van der Waals surface area contributed by atoms with E-state index in [0.29, 0.717) is 6.54 Å². The van der Waals surface area contributed by atoms with E-state index in [9.17, 15) is 8.78 Å². The standard InChI is InChI=1S/C13H18F2N2/c14-13(15)10-16-9-11-3-5-12(6-4-11)17-7-1-2-8-17/h3-6,13,16H,1-2,7-10H2. The highest BCUT2D eigenvalue weighted by Gasteiger charge is 2.11. The van der Waals surface area contributed by atoms with Gasteiger partial charge in [-0.1, -0.05) is 12.1 Å². The number of hydrogen-bond acceptors (Lipinski definition) is 2. The molecule has 94 valence electrons. The topological polar surface area (TPSA) is 15.3 Å². The van der Waals surface area contributed by atoms with E-state index in [2.05, 4.69) is 22.3 Å². The summed E-state index contributed by atoms with van der Waals surface area (Å²) < 4.78 is 23.9. The molecule has 4 heteroatoms. The molecule has 1 aliphatic heterocycles. The van der Waals surface area contributed by atoms with Crippen LogP contribution in [0.1, 0.15) is 18.4 Å². The van der Waals surface area contributed by atoms with E-state index in [4.69, 9.17) is 0 Å². The third-order valence-electron chi connectivity index (χ3n) is 3.04. The fraction of sp³-hybridized carbons (Fsp3) is 0.538. The van der Waals surface area contributed by atoms with Crippen LogP contribution in [-0.2, 0) is 6.54 Å². The van der Waals surface area contributed by atoms with Gasteiger partial charge in [0.05, 0.1) is 6.54 Å². The van der Waals surface area contributed by atoms with Gasteiger partial charge in [-0.15, -0.1) is 0 Å². The van der Waals surface area contributed by atoms with Crippen LogP contribution in [0.15, 0.2) is 24.3 Å². The molecule has 0 bridgehead atoms. The van der Waals surface area contributed by atoms with Gasteiger partial charge < -0.3 is 10.2 Å². The van der Waals surface area contributed by atoms with E-state index in [1.807, 2.05) is 12.1 Å². The van der Waals surface area contributed by atoms with Crippen molar-refractivity contribution in [3.63, 3.8) is 0 Å². The second kappa shape index (κ2) is 5.96. The lowest BCUT2D eigenvalue weighted by Crippen LogP contribution is -2.21. The Bertz CT molecular complexity index is 332. The van der Waals surface area contributed by atoms with Gasteiger partial charge in [0.1, 0.15) is 0 Å². The molecule has 1 heterocycles. The molecule has 0 aliphatic carbocycles. The van der Waals surface area contributed by atoms with Crippen molar-refractivity contribution >= 4 is 5.69 Å². The van der Waals surface area contributed by atoms with Crippen LogP contribution in [0.25, 0.3) is 0 Å². The first-order valence-electron chi connectivity index (χ1n) is 6.08. The third-order valence-corrected chi connectivity index (χ3v) is 3.04. The lowest BCUT2D eigenvalue weighted by Gasteiger charge is -2.17. The van der Waals surface area contributed by atoms with Crippen LogP contribution >= 0.6 is 0 Å². The molecule has 0 spiro atoms. The molecule has 17 heavy (non-hydrogen) atoms. The predicted molar refractivity (Wildman–Crippen MR) is 65.6 cm³/mol. The van der Waals surface area contributed by atoms with Gasteiger partial charge in [0.2, 0.25) is 0 Å². The minimum absolute atomic E-state index is 0.242. The number of hydrogen-bond donors (Lipinski definition) is 1. The summed E-state index contributed by atoms with van der Waals surface area (Å²) in [5.74, 6) is 0. The molecule has 1 aromatic carbocycles. The molecule has 0 unspecified atom stereocenters. The van der Waals surface area contributed by atoms with Crippen LogP contribution in [0.2, 0.25) is 0 Å². The highest BCUT2D eigenvalue weighted by Crippen LogP contribution is 2.20. The van der Waals surface area contributed by atoms with Crippen molar-refractivity contribution in [2.24, 2.45) is 0 Å². The second-order valence-electron chi connectivity index (χ2n) is 4.38. The highest BCUT2D eigenvalue weighted by atomic mass is 19.3. The SMILES string of the molecule is FC(F)CNCc1ccc(N2CCCC2)cc1. The Labute approximate surface area is 101 Å². The maximum absolute atomic E-state index is 11.9. The summed E-state index contributed by atoms with van der Waals surface area (Å²) in [5, 5.41) is 2.73. The summed E-state index contributed by atoms with van der Waals surface area (Å²) in [6, 6.07) is 8.16. The van der Waals surface area contributed by atoms with Gasteiger partial charge in [-0.05, 0) is 30.5 Å². The number of anilines is 1. The molecule has 1 aromatic rings. The zero-order valence-corrected chi connectivity index (χ0v) is 9.83. The molecule has 0 atom stereocenters. The lowest BCUT2D eigenvalue weighted by atomic mass is 10.2. The van der Waals surface area contributed by atoms with E-state index in [1.165, 1.54) is 18.5 Å². The molecule has 2 rings (SSSR count). The van der Waals surface area contributed by atoms with Gasteiger partial charge in [0.15, 0.2) is 0 Å². The monoisotopic (exact) mass is 240 g/mol. The fourth-order valence-corrected chi connectivity index (χ4v) is 2.13. The van der Waals surface area contributed by atoms with Crippen molar-refractivity contribution in [2.75, 3.05) is 24.5 Å². The Balaban J connectivity index is 1.84. The number of nitrogens with one attached hydrogen (secondary N) is 1. The van der Waals surface area contributed by atoms with Crippen LogP contribution < -0.4 is 10.2 Å². The summed E-state index contributed by atoms with van der Waals surface area (Å²) in [5.41, 5.74) is 2.29. The third kappa shape index (κ3) is 3.66. The lowest BCUT2D eigenvalue weighted by molar-refractivity contribution is 0.145. The summed E-state index contributed by atoms with van der Waals surface area (Å²) in [6.45, 7) is 2.52. The predicted octanol–water partition coefficient (Wildman–Crippen LogP) is 2.64. The summed E-state index contributed by atoms with van der Waals surface area (Å²) >= 11 is 0.